The van der Waals surface area contributed by atoms with Crippen LogP contribution in [-0.4, -0.2) is 17.9 Å². The van der Waals surface area contributed by atoms with Crippen molar-refractivity contribution >= 4 is 11.6 Å². The van der Waals surface area contributed by atoms with Crippen LogP contribution in [0.4, 0.5) is 10.1 Å². The summed E-state index contributed by atoms with van der Waals surface area (Å²) >= 11 is 0. The van der Waals surface area contributed by atoms with Gasteiger partial charge in [-0.2, -0.15) is 0 Å². The third-order valence-corrected chi connectivity index (χ3v) is 3.27. The van der Waals surface area contributed by atoms with Crippen LogP contribution < -0.4 is 11.3 Å². The summed E-state index contributed by atoms with van der Waals surface area (Å²) in [5.41, 5.74) is 4.96. The molecule has 0 saturated heterocycles. The van der Waals surface area contributed by atoms with Gasteiger partial charge in [0.05, 0.1) is 11.3 Å². The van der Waals surface area contributed by atoms with Crippen LogP contribution in [0.2, 0.25) is 0 Å². The lowest BCUT2D eigenvalue weighted by atomic mass is 10.1. The fraction of sp³-hybridized carbons (Fsp3) is 0.188. The SMILES string of the molecule is Cc1ccc(NN)c(C(=O)N(C)Cc2ccccc2F)c1. The first kappa shape index (κ1) is 15.0. The number of aryl methyl sites for hydroxylation is 1. The van der Waals surface area contributed by atoms with Crippen molar-refractivity contribution in [2.45, 2.75) is 13.5 Å². The first-order valence-corrected chi connectivity index (χ1v) is 6.59. The van der Waals surface area contributed by atoms with Gasteiger partial charge in [-0.15, -0.1) is 0 Å². The number of nitrogens with two attached hydrogens (primary N) is 1. The fourth-order valence-corrected chi connectivity index (χ4v) is 2.12. The number of carbonyl (C=O) groups is 1. The second-order valence-electron chi connectivity index (χ2n) is 4.95. The maximum Gasteiger partial charge on any atom is 0.256 e. The standard InChI is InChI=1S/C16H18FN3O/c1-11-7-8-15(19-18)13(9-11)16(21)20(2)10-12-5-3-4-6-14(12)17/h3-9,19H,10,18H2,1-2H3. The summed E-state index contributed by atoms with van der Waals surface area (Å²) in [6, 6.07) is 11.8. The number of halogens is 1. The lowest BCUT2D eigenvalue weighted by molar-refractivity contribution is 0.0784. The van der Waals surface area contributed by atoms with Crippen LogP contribution in [0.1, 0.15) is 21.5 Å². The number of anilines is 1. The number of carbonyl (C=O) groups excluding carboxylic acids is 1. The largest absolute Gasteiger partial charge is 0.337 e. The van der Waals surface area contributed by atoms with Crippen molar-refractivity contribution in [2.24, 2.45) is 5.84 Å². The molecule has 0 aliphatic heterocycles. The molecular formula is C16H18FN3O. The Labute approximate surface area is 123 Å². The van der Waals surface area contributed by atoms with E-state index in [2.05, 4.69) is 5.43 Å². The van der Waals surface area contributed by atoms with E-state index < -0.39 is 0 Å². The highest BCUT2D eigenvalue weighted by Gasteiger charge is 2.17. The number of nitrogens with one attached hydrogen (secondary N) is 1. The van der Waals surface area contributed by atoms with E-state index in [-0.39, 0.29) is 18.3 Å². The molecule has 2 aromatic carbocycles. The molecule has 2 aromatic rings. The van der Waals surface area contributed by atoms with Gasteiger partial charge >= 0.3 is 0 Å². The quantitative estimate of drug-likeness (QED) is 0.671. The number of hydrogen-bond acceptors (Lipinski definition) is 3. The molecule has 110 valence electrons. The predicted molar refractivity (Wildman–Crippen MR) is 81.2 cm³/mol. The van der Waals surface area contributed by atoms with Crippen LogP contribution in [-0.2, 0) is 6.54 Å². The number of hydrogen-bond donors (Lipinski definition) is 2. The van der Waals surface area contributed by atoms with Crippen molar-refractivity contribution in [2.75, 3.05) is 12.5 Å². The molecule has 0 spiro atoms. The highest BCUT2D eigenvalue weighted by Crippen LogP contribution is 2.19. The van der Waals surface area contributed by atoms with Gasteiger partial charge in [-0.3, -0.25) is 10.6 Å². The topological polar surface area (TPSA) is 58.4 Å². The number of nitrogens with zero attached hydrogens (tertiary/aromatic N) is 1. The maximum atomic E-state index is 13.7. The van der Waals surface area contributed by atoms with Gasteiger partial charge in [0.2, 0.25) is 0 Å². The highest BCUT2D eigenvalue weighted by molar-refractivity contribution is 5.99. The summed E-state index contributed by atoms with van der Waals surface area (Å²) in [5, 5.41) is 0. The Balaban J connectivity index is 2.24. The van der Waals surface area contributed by atoms with Gasteiger partial charge in [0.1, 0.15) is 5.82 Å². The fourth-order valence-electron chi connectivity index (χ4n) is 2.12. The third-order valence-electron chi connectivity index (χ3n) is 3.27. The number of benzene rings is 2. The molecule has 2 rings (SSSR count). The predicted octanol–water partition coefficient (Wildman–Crippen LogP) is 2.69. The zero-order valence-electron chi connectivity index (χ0n) is 12.1. The highest BCUT2D eigenvalue weighted by atomic mass is 19.1. The Morgan fingerprint density at radius 3 is 2.67 bits per heavy atom. The van der Waals surface area contributed by atoms with Gasteiger partial charge < -0.3 is 10.3 Å². The minimum atomic E-state index is -0.321. The molecule has 0 aromatic heterocycles. The third kappa shape index (κ3) is 3.38. The molecule has 0 atom stereocenters. The summed E-state index contributed by atoms with van der Waals surface area (Å²) in [6.45, 7) is 2.09. The summed E-state index contributed by atoms with van der Waals surface area (Å²) in [4.78, 5) is 14.0. The summed E-state index contributed by atoms with van der Waals surface area (Å²) in [7, 11) is 1.64. The van der Waals surface area contributed by atoms with E-state index >= 15 is 0 Å². The molecule has 0 unspecified atom stereocenters. The summed E-state index contributed by atoms with van der Waals surface area (Å²) in [6.07, 6.45) is 0. The molecule has 3 N–H and O–H groups in total. The molecule has 0 radical (unpaired) electrons. The normalized spacial score (nSPS) is 10.3. The van der Waals surface area contributed by atoms with Crippen LogP contribution in [0.15, 0.2) is 42.5 Å². The van der Waals surface area contributed by atoms with E-state index in [1.807, 2.05) is 13.0 Å². The molecule has 21 heavy (non-hydrogen) atoms. The van der Waals surface area contributed by atoms with E-state index in [4.69, 9.17) is 5.84 Å². The molecule has 0 bridgehead atoms. The lowest BCUT2D eigenvalue weighted by Gasteiger charge is -2.19. The van der Waals surface area contributed by atoms with Crippen molar-refractivity contribution in [1.29, 1.82) is 0 Å². The van der Waals surface area contributed by atoms with Crippen LogP contribution in [0, 0.1) is 12.7 Å². The number of rotatable bonds is 4. The molecule has 1 amide bonds. The molecular weight excluding hydrogens is 269 g/mol. The van der Waals surface area contributed by atoms with E-state index in [0.717, 1.165) is 5.56 Å². The first-order valence-electron chi connectivity index (χ1n) is 6.59. The van der Waals surface area contributed by atoms with Crippen LogP contribution >= 0.6 is 0 Å². The van der Waals surface area contributed by atoms with E-state index in [0.29, 0.717) is 16.8 Å². The molecule has 0 aliphatic rings. The van der Waals surface area contributed by atoms with Crippen molar-refractivity contribution < 1.29 is 9.18 Å². The van der Waals surface area contributed by atoms with Gasteiger partial charge in [0, 0.05) is 19.2 Å². The molecule has 0 saturated carbocycles. The first-order chi connectivity index (χ1) is 10.0. The van der Waals surface area contributed by atoms with Crippen molar-refractivity contribution in [3.05, 3.63) is 65.0 Å². The molecule has 0 fully saturated rings. The monoisotopic (exact) mass is 287 g/mol. The number of hydrazine groups is 1. The van der Waals surface area contributed by atoms with Crippen LogP contribution in [0.3, 0.4) is 0 Å². The van der Waals surface area contributed by atoms with Gasteiger partial charge in [-0.05, 0) is 25.1 Å². The lowest BCUT2D eigenvalue weighted by Crippen LogP contribution is -2.28. The second-order valence-corrected chi connectivity index (χ2v) is 4.95. The Kier molecular flexibility index (Phi) is 4.55. The number of nitrogen functional groups attached to an aromatic ring is 1. The van der Waals surface area contributed by atoms with Gasteiger partial charge in [-0.1, -0.05) is 29.8 Å². The molecule has 0 aliphatic carbocycles. The average molecular weight is 287 g/mol. The molecule has 5 heteroatoms. The van der Waals surface area contributed by atoms with Crippen molar-refractivity contribution in [1.82, 2.24) is 4.90 Å². The minimum absolute atomic E-state index is 0.198. The van der Waals surface area contributed by atoms with Crippen molar-refractivity contribution in [3.8, 4) is 0 Å². The van der Waals surface area contributed by atoms with Crippen LogP contribution in [0.25, 0.3) is 0 Å². The Hall–Kier alpha value is -2.40. The number of amides is 1. The molecule has 0 heterocycles. The Morgan fingerprint density at radius 2 is 2.00 bits per heavy atom. The van der Waals surface area contributed by atoms with Gasteiger partial charge in [0.15, 0.2) is 0 Å². The zero-order chi connectivity index (χ0) is 15.4. The van der Waals surface area contributed by atoms with E-state index in [9.17, 15) is 9.18 Å². The Morgan fingerprint density at radius 1 is 1.29 bits per heavy atom. The maximum absolute atomic E-state index is 13.7. The van der Waals surface area contributed by atoms with Crippen LogP contribution in [0.5, 0.6) is 0 Å². The van der Waals surface area contributed by atoms with Gasteiger partial charge in [-0.25, -0.2) is 4.39 Å². The smallest absolute Gasteiger partial charge is 0.256 e. The summed E-state index contributed by atoms with van der Waals surface area (Å²) in [5.74, 6) is 4.90. The van der Waals surface area contributed by atoms with E-state index in [1.165, 1.54) is 11.0 Å². The Bertz CT molecular complexity index is 658. The zero-order valence-corrected chi connectivity index (χ0v) is 12.1. The average Bonchev–Trinajstić information content (AvgIpc) is 2.48. The van der Waals surface area contributed by atoms with E-state index in [1.54, 1.807) is 37.4 Å². The van der Waals surface area contributed by atoms with Gasteiger partial charge in [0.25, 0.3) is 5.91 Å². The molecule has 4 nitrogen and oxygen atoms in total. The van der Waals surface area contributed by atoms with Crippen molar-refractivity contribution in [3.63, 3.8) is 0 Å². The minimum Gasteiger partial charge on any atom is -0.337 e. The second kappa shape index (κ2) is 6.37. The summed E-state index contributed by atoms with van der Waals surface area (Å²) < 4.78 is 13.7.